The number of carbonyl (C=O) groups is 1. The van der Waals surface area contributed by atoms with Crippen LogP contribution in [-0.2, 0) is 4.79 Å². The lowest BCUT2D eigenvalue weighted by atomic mass is 10.2. The van der Waals surface area contributed by atoms with Crippen LogP contribution in [0, 0.1) is 0 Å². The van der Waals surface area contributed by atoms with Crippen LogP contribution in [0.1, 0.15) is 25.7 Å². The lowest BCUT2D eigenvalue weighted by molar-refractivity contribution is -0.118. The van der Waals surface area contributed by atoms with E-state index in [2.05, 4.69) is 5.32 Å². The summed E-state index contributed by atoms with van der Waals surface area (Å²) in [6.45, 7) is 1.000. The van der Waals surface area contributed by atoms with Crippen molar-refractivity contribution in [3.63, 3.8) is 0 Å². The number of benzene rings is 1. The predicted molar refractivity (Wildman–Crippen MR) is 75.7 cm³/mol. The number of amides is 1. The first-order valence-electron chi connectivity index (χ1n) is 6.38. The van der Waals surface area contributed by atoms with Crippen molar-refractivity contribution < 1.29 is 9.90 Å². The number of aliphatic hydroxyl groups excluding tert-OH is 1. The Kier molecular flexibility index (Phi) is 8.34. The molecule has 4 heteroatoms. The van der Waals surface area contributed by atoms with E-state index in [9.17, 15) is 4.79 Å². The normalized spacial score (nSPS) is 10.3. The summed E-state index contributed by atoms with van der Waals surface area (Å²) >= 11 is 1.56. The van der Waals surface area contributed by atoms with Gasteiger partial charge in [0, 0.05) is 18.0 Å². The molecule has 0 aliphatic rings. The topological polar surface area (TPSA) is 49.3 Å². The monoisotopic (exact) mass is 267 g/mol. The minimum atomic E-state index is 0.0889. The van der Waals surface area contributed by atoms with E-state index in [1.54, 1.807) is 11.8 Å². The molecule has 1 aromatic rings. The van der Waals surface area contributed by atoms with Crippen LogP contribution in [0.2, 0.25) is 0 Å². The highest BCUT2D eigenvalue weighted by molar-refractivity contribution is 8.00. The van der Waals surface area contributed by atoms with Crippen molar-refractivity contribution in [2.24, 2.45) is 0 Å². The van der Waals surface area contributed by atoms with Crippen LogP contribution < -0.4 is 5.32 Å². The minimum absolute atomic E-state index is 0.0889. The van der Waals surface area contributed by atoms with Gasteiger partial charge in [-0.25, -0.2) is 0 Å². The van der Waals surface area contributed by atoms with Gasteiger partial charge in [-0.05, 0) is 25.0 Å². The number of carbonyl (C=O) groups excluding carboxylic acids is 1. The van der Waals surface area contributed by atoms with Gasteiger partial charge in [-0.2, -0.15) is 0 Å². The van der Waals surface area contributed by atoms with Gasteiger partial charge < -0.3 is 10.4 Å². The van der Waals surface area contributed by atoms with Crippen molar-refractivity contribution in [2.75, 3.05) is 18.9 Å². The summed E-state index contributed by atoms with van der Waals surface area (Å²) in [7, 11) is 0. The van der Waals surface area contributed by atoms with Gasteiger partial charge in [0.25, 0.3) is 0 Å². The molecule has 0 saturated carbocycles. The SMILES string of the molecule is O=C(CSc1ccccc1)NCCCCCCO. The van der Waals surface area contributed by atoms with E-state index >= 15 is 0 Å². The maximum atomic E-state index is 11.5. The first-order valence-corrected chi connectivity index (χ1v) is 7.37. The van der Waals surface area contributed by atoms with Gasteiger partial charge in [0.1, 0.15) is 0 Å². The third-order valence-electron chi connectivity index (χ3n) is 2.52. The molecule has 0 radical (unpaired) electrons. The Labute approximate surface area is 113 Å². The Morgan fingerprint density at radius 2 is 1.83 bits per heavy atom. The fourth-order valence-corrected chi connectivity index (χ4v) is 2.28. The Morgan fingerprint density at radius 3 is 2.56 bits per heavy atom. The average Bonchev–Trinajstić information content (AvgIpc) is 2.41. The Balaban J connectivity index is 2.01. The van der Waals surface area contributed by atoms with Crippen molar-refractivity contribution in [1.82, 2.24) is 5.32 Å². The largest absolute Gasteiger partial charge is 0.396 e. The quantitative estimate of drug-likeness (QED) is 0.534. The maximum absolute atomic E-state index is 11.5. The number of rotatable bonds is 9. The van der Waals surface area contributed by atoms with Gasteiger partial charge >= 0.3 is 0 Å². The van der Waals surface area contributed by atoms with Crippen LogP contribution in [0.15, 0.2) is 35.2 Å². The molecule has 0 saturated heterocycles. The summed E-state index contributed by atoms with van der Waals surface area (Å²) in [5, 5.41) is 11.5. The summed E-state index contributed by atoms with van der Waals surface area (Å²) in [5.41, 5.74) is 0. The number of hydrogen-bond donors (Lipinski definition) is 2. The zero-order valence-corrected chi connectivity index (χ0v) is 11.4. The summed E-state index contributed by atoms with van der Waals surface area (Å²) in [6, 6.07) is 9.93. The second-order valence-electron chi connectivity index (χ2n) is 4.09. The molecule has 0 heterocycles. The number of aliphatic hydroxyl groups is 1. The zero-order chi connectivity index (χ0) is 13.1. The second kappa shape index (κ2) is 9.97. The van der Waals surface area contributed by atoms with Gasteiger partial charge in [0.2, 0.25) is 5.91 Å². The second-order valence-corrected chi connectivity index (χ2v) is 5.14. The highest BCUT2D eigenvalue weighted by Gasteiger charge is 2.01. The van der Waals surface area contributed by atoms with Crippen molar-refractivity contribution in [2.45, 2.75) is 30.6 Å². The van der Waals surface area contributed by atoms with Crippen molar-refractivity contribution in [1.29, 1.82) is 0 Å². The molecule has 1 aromatic carbocycles. The van der Waals surface area contributed by atoms with Crippen LogP contribution in [0.4, 0.5) is 0 Å². The standard InChI is InChI=1S/C14H21NO2S/c16-11-7-2-1-6-10-15-14(17)12-18-13-8-4-3-5-9-13/h3-5,8-9,16H,1-2,6-7,10-12H2,(H,15,17). The highest BCUT2D eigenvalue weighted by Crippen LogP contribution is 2.16. The highest BCUT2D eigenvalue weighted by atomic mass is 32.2. The molecular formula is C14H21NO2S. The molecule has 0 unspecified atom stereocenters. The van der Waals surface area contributed by atoms with E-state index in [0.29, 0.717) is 5.75 Å². The molecule has 0 aromatic heterocycles. The van der Waals surface area contributed by atoms with E-state index in [4.69, 9.17) is 5.11 Å². The van der Waals surface area contributed by atoms with Gasteiger partial charge in [-0.1, -0.05) is 31.0 Å². The number of nitrogens with one attached hydrogen (secondary N) is 1. The fraction of sp³-hybridized carbons (Fsp3) is 0.500. The van der Waals surface area contributed by atoms with Crippen molar-refractivity contribution >= 4 is 17.7 Å². The first kappa shape index (κ1) is 15.1. The van der Waals surface area contributed by atoms with E-state index in [0.717, 1.165) is 37.1 Å². The van der Waals surface area contributed by atoms with E-state index in [1.807, 2.05) is 30.3 Å². The lowest BCUT2D eigenvalue weighted by Gasteiger charge is -2.05. The summed E-state index contributed by atoms with van der Waals surface area (Å²) in [6.07, 6.45) is 3.94. The molecule has 18 heavy (non-hydrogen) atoms. The minimum Gasteiger partial charge on any atom is -0.396 e. The lowest BCUT2D eigenvalue weighted by Crippen LogP contribution is -2.26. The van der Waals surface area contributed by atoms with Crippen LogP contribution in [-0.4, -0.2) is 29.9 Å². The number of thioether (sulfide) groups is 1. The van der Waals surface area contributed by atoms with Crippen LogP contribution in [0.5, 0.6) is 0 Å². The zero-order valence-electron chi connectivity index (χ0n) is 10.6. The Bertz CT molecular complexity index is 330. The molecule has 0 spiro atoms. The van der Waals surface area contributed by atoms with Crippen molar-refractivity contribution in [3.8, 4) is 0 Å². The van der Waals surface area contributed by atoms with Gasteiger partial charge in [-0.15, -0.1) is 11.8 Å². The smallest absolute Gasteiger partial charge is 0.230 e. The third kappa shape index (κ3) is 7.35. The van der Waals surface area contributed by atoms with Gasteiger partial charge in [-0.3, -0.25) is 4.79 Å². The molecule has 0 atom stereocenters. The molecule has 1 rings (SSSR count). The first-order chi connectivity index (χ1) is 8.83. The van der Waals surface area contributed by atoms with E-state index < -0.39 is 0 Å². The predicted octanol–water partition coefficient (Wildman–Crippen LogP) is 2.45. The summed E-state index contributed by atoms with van der Waals surface area (Å²) in [5.74, 6) is 0.562. The molecule has 0 aliphatic carbocycles. The molecule has 0 bridgehead atoms. The third-order valence-corrected chi connectivity index (χ3v) is 3.53. The van der Waals surface area contributed by atoms with Crippen molar-refractivity contribution in [3.05, 3.63) is 30.3 Å². The molecule has 1 amide bonds. The fourth-order valence-electron chi connectivity index (χ4n) is 1.53. The van der Waals surface area contributed by atoms with Crippen LogP contribution in [0.3, 0.4) is 0 Å². The molecule has 3 nitrogen and oxygen atoms in total. The van der Waals surface area contributed by atoms with Crippen LogP contribution in [0.25, 0.3) is 0 Å². The average molecular weight is 267 g/mol. The molecular weight excluding hydrogens is 246 g/mol. The number of unbranched alkanes of at least 4 members (excludes halogenated alkanes) is 3. The molecule has 0 aliphatic heterocycles. The molecule has 0 fully saturated rings. The summed E-state index contributed by atoms with van der Waals surface area (Å²) in [4.78, 5) is 12.7. The Morgan fingerprint density at radius 1 is 1.11 bits per heavy atom. The van der Waals surface area contributed by atoms with E-state index in [1.165, 1.54) is 0 Å². The van der Waals surface area contributed by atoms with Gasteiger partial charge in [0.15, 0.2) is 0 Å². The molecule has 2 N–H and O–H groups in total. The maximum Gasteiger partial charge on any atom is 0.230 e. The number of hydrogen-bond acceptors (Lipinski definition) is 3. The Hall–Kier alpha value is -1.00. The van der Waals surface area contributed by atoms with Crippen LogP contribution >= 0.6 is 11.8 Å². The van der Waals surface area contributed by atoms with Gasteiger partial charge in [0.05, 0.1) is 5.75 Å². The summed E-state index contributed by atoms with van der Waals surface area (Å²) < 4.78 is 0. The van der Waals surface area contributed by atoms with E-state index in [-0.39, 0.29) is 12.5 Å². The molecule has 100 valence electrons.